The molecule has 1 aromatic heterocycles. The van der Waals surface area contributed by atoms with Gasteiger partial charge in [-0.15, -0.1) is 0 Å². The van der Waals surface area contributed by atoms with Crippen LogP contribution in [0.1, 0.15) is 49.5 Å². The number of likely N-dealkylation sites (tertiary alicyclic amines) is 1. The van der Waals surface area contributed by atoms with Gasteiger partial charge in [0.15, 0.2) is 0 Å². The number of amides is 1. The van der Waals surface area contributed by atoms with E-state index in [2.05, 4.69) is 5.10 Å². The third-order valence-electron chi connectivity index (χ3n) is 6.35. The summed E-state index contributed by atoms with van der Waals surface area (Å²) in [6, 6.07) is 7.96. The molecule has 2 aliphatic rings. The molecule has 0 saturated carbocycles. The summed E-state index contributed by atoms with van der Waals surface area (Å²) in [5, 5.41) is 4.34. The van der Waals surface area contributed by atoms with Crippen LogP contribution >= 0.6 is 0 Å². The zero-order valence-corrected chi connectivity index (χ0v) is 17.6. The Balaban J connectivity index is 1.26. The number of aromatic nitrogens is 2. The van der Waals surface area contributed by atoms with E-state index >= 15 is 0 Å². The van der Waals surface area contributed by atoms with Crippen molar-refractivity contribution in [2.24, 2.45) is 5.92 Å². The van der Waals surface area contributed by atoms with E-state index in [-0.39, 0.29) is 17.3 Å². The largest absolute Gasteiger partial charge is 0.494 e. The quantitative estimate of drug-likeness (QED) is 0.718. The van der Waals surface area contributed by atoms with Crippen LogP contribution in [0.2, 0.25) is 0 Å². The summed E-state index contributed by atoms with van der Waals surface area (Å²) in [4.78, 5) is 14.6. The molecular weight excluding hydrogens is 385 g/mol. The molecule has 2 aliphatic heterocycles. The van der Waals surface area contributed by atoms with Crippen LogP contribution in [-0.4, -0.2) is 52.5 Å². The molecule has 0 N–H and O–H groups in total. The van der Waals surface area contributed by atoms with E-state index in [4.69, 9.17) is 9.47 Å². The molecule has 7 heteroatoms. The highest BCUT2D eigenvalue weighted by Crippen LogP contribution is 2.39. The van der Waals surface area contributed by atoms with Gasteiger partial charge >= 0.3 is 0 Å². The fraction of sp³-hybridized carbons (Fsp3) is 0.565. The Bertz CT molecular complexity index is 844. The van der Waals surface area contributed by atoms with E-state index in [1.165, 1.54) is 12.1 Å². The molecule has 1 amide bonds. The molecule has 4 rings (SSSR count). The van der Waals surface area contributed by atoms with Crippen LogP contribution < -0.4 is 4.74 Å². The number of nitrogens with zero attached hydrogens (tertiary/aromatic N) is 3. The Morgan fingerprint density at radius 3 is 2.73 bits per heavy atom. The number of hydrogen-bond donors (Lipinski definition) is 0. The number of carbonyl (C=O) groups is 1. The molecule has 1 unspecified atom stereocenters. The van der Waals surface area contributed by atoms with Crippen molar-refractivity contribution in [1.82, 2.24) is 14.7 Å². The number of rotatable bonds is 6. The van der Waals surface area contributed by atoms with Crippen molar-refractivity contribution in [2.75, 3.05) is 26.3 Å². The maximum atomic E-state index is 13.0. The first kappa shape index (κ1) is 20.8. The Kier molecular flexibility index (Phi) is 6.37. The van der Waals surface area contributed by atoms with Gasteiger partial charge in [-0.05, 0) is 75.3 Å². The minimum atomic E-state index is -0.253. The predicted molar refractivity (Wildman–Crippen MR) is 111 cm³/mol. The SMILES string of the molecule is CCn1ccc(C(=O)N2CCC3(CC2)CC(CCOc2ccc(F)cc2)CCO3)n1. The van der Waals surface area contributed by atoms with Gasteiger partial charge < -0.3 is 14.4 Å². The number of halogens is 1. The maximum Gasteiger partial charge on any atom is 0.274 e. The van der Waals surface area contributed by atoms with Gasteiger partial charge in [0.2, 0.25) is 0 Å². The number of benzene rings is 1. The molecular formula is C23H30FN3O3. The lowest BCUT2D eigenvalue weighted by molar-refractivity contribution is -0.125. The minimum Gasteiger partial charge on any atom is -0.494 e. The second-order valence-electron chi connectivity index (χ2n) is 8.33. The van der Waals surface area contributed by atoms with Crippen LogP contribution in [0.25, 0.3) is 0 Å². The molecule has 0 bridgehead atoms. The summed E-state index contributed by atoms with van der Waals surface area (Å²) in [6.45, 7) is 5.56. The Hall–Kier alpha value is -2.41. The van der Waals surface area contributed by atoms with Crippen molar-refractivity contribution >= 4 is 5.91 Å². The van der Waals surface area contributed by atoms with Crippen molar-refractivity contribution in [3.63, 3.8) is 0 Å². The molecule has 2 saturated heterocycles. The molecule has 0 radical (unpaired) electrons. The zero-order valence-electron chi connectivity index (χ0n) is 17.6. The number of piperidine rings is 1. The summed E-state index contributed by atoms with van der Waals surface area (Å²) < 4.78 is 26.8. The highest BCUT2D eigenvalue weighted by atomic mass is 19.1. The van der Waals surface area contributed by atoms with Gasteiger partial charge in [-0.1, -0.05) is 0 Å². The molecule has 1 spiro atoms. The standard InChI is InChI=1S/C23H30FN3O3/c1-2-27-12-7-21(25-27)22(28)26-13-10-23(11-14-26)17-18(9-16-30-23)8-15-29-20-5-3-19(24)4-6-20/h3-7,12,18H,2,8-11,13-17H2,1H3. The average molecular weight is 416 g/mol. The molecule has 6 nitrogen and oxygen atoms in total. The number of hydrogen-bond acceptors (Lipinski definition) is 4. The smallest absolute Gasteiger partial charge is 0.274 e. The molecule has 1 aromatic carbocycles. The van der Waals surface area contributed by atoms with Crippen LogP contribution in [0.3, 0.4) is 0 Å². The highest BCUT2D eigenvalue weighted by molar-refractivity contribution is 5.92. The second-order valence-corrected chi connectivity index (χ2v) is 8.33. The van der Waals surface area contributed by atoms with Crippen molar-refractivity contribution in [3.8, 4) is 5.75 Å². The Morgan fingerprint density at radius 2 is 2.03 bits per heavy atom. The fourth-order valence-corrected chi connectivity index (χ4v) is 4.53. The summed E-state index contributed by atoms with van der Waals surface area (Å²) in [7, 11) is 0. The second kappa shape index (κ2) is 9.16. The maximum absolute atomic E-state index is 13.0. The first-order chi connectivity index (χ1) is 14.6. The van der Waals surface area contributed by atoms with Gasteiger partial charge in [-0.3, -0.25) is 9.48 Å². The molecule has 0 aliphatic carbocycles. The van der Waals surface area contributed by atoms with Gasteiger partial charge in [0, 0.05) is 32.4 Å². The van der Waals surface area contributed by atoms with Gasteiger partial charge in [-0.25, -0.2) is 4.39 Å². The van der Waals surface area contributed by atoms with E-state index < -0.39 is 0 Å². The summed E-state index contributed by atoms with van der Waals surface area (Å²) in [6.07, 6.45) is 6.57. The lowest BCUT2D eigenvalue weighted by atomic mass is 9.78. The fourth-order valence-electron chi connectivity index (χ4n) is 4.53. The van der Waals surface area contributed by atoms with E-state index in [9.17, 15) is 9.18 Å². The van der Waals surface area contributed by atoms with Crippen molar-refractivity contribution < 1.29 is 18.7 Å². The molecule has 30 heavy (non-hydrogen) atoms. The van der Waals surface area contributed by atoms with Crippen molar-refractivity contribution in [2.45, 2.75) is 51.2 Å². The van der Waals surface area contributed by atoms with Crippen LogP contribution in [-0.2, 0) is 11.3 Å². The molecule has 3 heterocycles. The lowest BCUT2D eigenvalue weighted by Crippen LogP contribution is -2.51. The van der Waals surface area contributed by atoms with Gasteiger partial charge in [0.25, 0.3) is 5.91 Å². The van der Waals surface area contributed by atoms with Crippen LogP contribution in [0.15, 0.2) is 36.5 Å². The Labute approximate surface area is 177 Å². The number of ether oxygens (including phenoxy) is 2. The molecule has 2 aromatic rings. The van der Waals surface area contributed by atoms with Crippen LogP contribution in [0.5, 0.6) is 5.75 Å². The van der Waals surface area contributed by atoms with E-state index in [0.717, 1.165) is 45.3 Å². The Morgan fingerprint density at radius 1 is 1.27 bits per heavy atom. The normalized spacial score (nSPS) is 21.0. The van der Waals surface area contributed by atoms with Gasteiger partial charge in [0.1, 0.15) is 17.3 Å². The third kappa shape index (κ3) is 4.83. The predicted octanol–water partition coefficient (Wildman–Crippen LogP) is 3.91. The summed E-state index contributed by atoms with van der Waals surface area (Å²) in [5.41, 5.74) is 0.395. The third-order valence-corrected chi connectivity index (χ3v) is 6.35. The van der Waals surface area contributed by atoms with Crippen LogP contribution in [0, 0.1) is 11.7 Å². The van der Waals surface area contributed by atoms with E-state index in [0.29, 0.717) is 37.1 Å². The molecule has 2 fully saturated rings. The first-order valence-electron chi connectivity index (χ1n) is 10.9. The van der Waals surface area contributed by atoms with Gasteiger partial charge in [0.05, 0.1) is 12.2 Å². The monoisotopic (exact) mass is 415 g/mol. The topological polar surface area (TPSA) is 56.6 Å². The minimum absolute atomic E-state index is 0.0112. The van der Waals surface area contributed by atoms with Gasteiger partial charge in [-0.2, -0.15) is 5.10 Å². The number of carbonyl (C=O) groups excluding carboxylic acids is 1. The highest BCUT2D eigenvalue weighted by Gasteiger charge is 2.41. The lowest BCUT2D eigenvalue weighted by Gasteiger charge is -2.46. The van der Waals surface area contributed by atoms with Crippen LogP contribution in [0.4, 0.5) is 4.39 Å². The first-order valence-corrected chi connectivity index (χ1v) is 10.9. The average Bonchev–Trinajstić information content (AvgIpc) is 3.25. The number of aryl methyl sites for hydroxylation is 1. The van der Waals surface area contributed by atoms with E-state index in [1.54, 1.807) is 22.9 Å². The summed E-state index contributed by atoms with van der Waals surface area (Å²) >= 11 is 0. The van der Waals surface area contributed by atoms with E-state index in [1.807, 2.05) is 18.0 Å². The molecule has 1 atom stereocenters. The molecule has 162 valence electrons. The summed E-state index contributed by atoms with van der Waals surface area (Å²) in [5.74, 6) is 1.01. The zero-order chi connectivity index (χ0) is 21.0. The van der Waals surface area contributed by atoms with Crippen molar-refractivity contribution in [1.29, 1.82) is 0 Å². The van der Waals surface area contributed by atoms with Crippen molar-refractivity contribution in [3.05, 3.63) is 48.0 Å².